The third kappa shape index (κ3) is 2.44. The molecule has 1 atom stereocenters. The fourth-order valence-corrected chi connectivity index (χ4v) is 1.99. The van der Waals surface area contributed by atoms with Gasteiger partial charge >= 0.3 is 5.97 Å². The van der Waals surface area contributed by atoms with Crippen molar-refractivity contribution in [3.8, 4) is 11.8 Å². The zero-order valence-corrected chi connectivity index (χ0v) is 10.6. The van der Waals surface area contributed by atoms with Crippen LogP contribution < -0.4 is 14.4 Å². The summed E-state index contributed by atoms with van der Waals surface area (Å²) in [6.45, 7) is 0.124. The lowest BCUT2D eigenvalue weighted by Crippen LogP contribution is -2.26. The lowest BCUT2D eigenvalue weighted by Gasteiger charge is -2.18. The number of ether oxygens (including phenoxy) is 2. The van der Waals surface area contributed by atoms with Crippen LogP contribution in [-0.4, -0.2) is 42.7 Å². The van der Waals surface area contributed by atoms with Crippen LogP contribution in [0, 0.1) is 5.92 Å². The monoisotopic (exact) mass is 266 g/mol. The Morgan fingerprint density at radius 3 is 2.68 bits per heavy atom. The van der Waals surface area contributed by atoms with E-state index in [0.29, 0.717) is 11.6 Å². The fourth-order valence-electron chi connectivity index (χ4n) is 1.99. The number of anilines is 1. The number of rotatable bonds is 4. The van der Waals surface area contributed by atoms with E-state index in [4.69, 9.17) is 14.6 Å². The van der Waals surface area contributed by atoms with Crippen molar-refractivity contribution < 1.29 is 24.2 Å². The summed E-state index contributed by atoms with van der Waals surface area (Å²) in [4.78, 5) is 28.2. The highest BCUT2D eigenvalue weighted by Gasteiger charge is 2.36. The first-order valence-electron chi connectivity index (χ1n) is 5.69. The number of hydrogen-bond acceptors (Lipinski definition) is 5. The van der Waals surface area contributed by atoms with Crippen molar-refractivity contribution in [2.24, 2.45) is 5.92 Å². The van der Waals surface area contributed by atoms with Crippen LogP contribution in [-0.2, 0) is 9.59 Å². The molecule has 102 valence electrons. The van der Waals surface area contributed by atoms with E-state index in [1.165, 1.54) is 19.1 Å². The zero-order valence-electron chi connectivity index (χ0n) is 10.6. The highest BCUT2D eigenvalue weighted by atomic mass is 16.5. The van der Waals surface area contributed by atoms with E-state index in [-0.39, 0.29) is 24.8 Å². The minimum Gasteiger partial charge on any atom is -0.481 e. The van der Waals surface area contributed by atoms with Gasteiger partial charge in [0.25, 0.3) is 0 Å². The number of carboxylic acid groups (broad SMARTS) is 1. The van der Waals surface area contributed by atoms with E-state index in [9.17, 15) is 9.59 Å². The Labute approximate surface area is 109 Å². The summed E-state index contributed by atoms with van der Waals surface area (Å²) in [5, 5.41) is 8.96. The van der Waals surface area contributed by atoms with Crippen molar-refractivity contribution in [2.45, 2.75) is 6.42 Å². The zero-order chi connectivity index (χ0) is 14.0. The topological polar surface area (TPSA) is 89.0 Å². The van der Waals surface area contributed by atoms with Gasteiger partial charge in [0.05, 0.1) is 20.1 Å². The van der Waals surface area contributed by atoms with E-state index in [0.717, 1.165) is 0 Å². The normalized spacial score (nSPS) is 18.5. The quantitative estimate of drug-likeness (QED) is 0.855. The minimum atomic E-state index is -0.976. The molecular formula is C12H14N2O5. The Hall–Kier alpha value is -2.31. The van der Waals surface area contributed by atoms with E-state index in [1.54, 1.807) is 12.1 Å². The van der Waals surface area contributed by atoms with Gasteiger partial charge in [0.2, 0.25) is 17.7 Å². The molecule has 1 unspecified atom stereocenters. The minimum absolute atomic E-state index is 0.00941. The molecule has 0 aromatic carbocycles. The van der Waals surface area contributed by atoms with Gasteiger partial charge in [-0.2, -0.15) is 4.98 Å². The maximum atomic E-state index is 11.9. The molecule has 0 saturated carbocycles. The van der Waals surface area contributed by atoms with Crippen LogP contribution in [0.1, 0.15) is 6.42 Å². The van der Waals surface area contributed by atoms with Gasteiger partial charge in [0.1, 0.15) is 5.69 Å². The molecule has 1 saturated heterocycles. The fraction of sp³-hybridized carbons (Fsp3) is 0.417. The van der Waals surface area contributed by atoms with Gasteiger partial charge in [-0.1, -0.05) is 0 Å². The second-order valence-corrected chi connectivity index (χ2v) is 4.13. The molecule has 7 heteroatoms. The SMILES string of the molecule is COc1ccc(N2CC(C(=O)O)CC2=O)c(OC)n1. The molecule has 1 aromatic rings. The lowest BCUT2D eigenvalue weighted by molar-refractivity contribution is -0.141. The number of nitrogens with zero attached hydrogens (tertiary/aromatic N) is 2. The summed E-state index contributed by atoms with van der Waals surface area (Å²) in [6, 6.07) is 3.23. The summed E-state index contributed by atoms with van der Waals surface area (Å²) in [5.74, 6) is -1.32. The molecule has 2 rings (SSSR count). The molecule has 1 N–H and O–H groups in total. The van der Waals surface area contributed by atoms with Crippen LogP contribution >= 0.6 is 0 Å². The molecule has 19 heavy (non-hydrogen) atoms. The van der Waals surface area contributed by atoms with Crippen LogP contribution in [0.4, 0.5) is 5.69 Å². The van der Waals surface area contributed by atoms with Crippen molar-refractivity contribution in [3.05, 3.63) is 12.1 Å². The Morgan fingerprint density at radius 1 is 1.42 bits per heavy atom. The summed E-state index contributed by atoms with van der Waals surface area (Å²) in [7, 11) is 2.91. The van der Waals surface area contributed by atoms with E-state index in [1.807, 2.05) is 0 Å². The summed E-state index contributed by atoms with van der Waals surface area (Å²) in [5.41, 5.74) is 0.456. The van der Waals surface area contributed by atoms with Crippen LogP contribution in [0.25, 0.3) is 0 Å². The molecular weight excluding hydrogens is 252 g/mol. The van der Waals surface area contributed by atoms with Gasteiger partial charge in [0, 0.05) is 19.0 Å². The second kappa shape index (κ2) is 5.13. The van der Waals surface area contributed by atoms with Crippen LogP contribution in [0.5, 0.6) is 11.8 Å². The predicted octanol–water partition coefficient (Wildman–Crippen LogP) is 0.536. The third-order valence-corrected chi connectivity index (χ3v) is 2.98. The molecule has 2 heterocycles. The molecule has 7 nitrogen and oxygen atoms in total. The number of pyridine rings is 1. The maximum Gasteiger partial charge on any atom is 0.308 e. The maximum absolute atomic E-state index is 11.9. The van der Waals surface area contributed by atoms with Crippen molar-refractivity contribution in [2.75, 3.05) is 25.7 Å². The van der Waals surface area contributed by atoms with Gasteiger partial charge in [-0.15, -0.1) is 0 Å². The Balaban J connectivity index is 2.31. The number of amides is 1. The third-order valence-electron chi connectivity index (χ3n) is 2.98. The first kappa shape index (κ1) is 13.1. The van der Waals surface area contributed by atoms with Crippen molar-refractivity contribution in [1.82, 2.24) is 4.98 Å². The number of aliphatic carboxylic acids is 1. The van der Waals surface area contributed by atoms with Gasteiger partial charge in [-0.05, 0) is 6.07 Å². The van der Waals surface area contributed by atoms with E-state index < -0.39 is 11.9 Å². The highest BCUT2D eigenvalue weighted by molar-refractivity contribution is 6.00. The number of aromatic nitrogens is 1. The lowest BCUT2D eigenvalue weighted by atomic mass is 10.1. The van der Waals surface area contributed by atoms with Gasteiger partial charge < -0.3 is 19.5 Å². The van der Waals surface area contributed by atoms with Crippen molar-refractivity contribution >= 4 is 17.6 Å². The largest absolute Gasteiger partial charge is 0.481 e. The average molecular weight is 266 g/mol. The number of methoxy groups -OCH3 is 2. The molecule has 1 fully saturated rings. The second-order valence-electron chi connectivity index (χ2n) is 4.13. The summed E-state index contributed by atoms with van der Waals surface area (Å²) >= 11 is 0. The van der Waals surface area contributed by atoms with Crippen LogP contribution in [0.15, 0.2) is 12.1 Å². The van der Waals surface area contributed by atoms with Gasteiger partial charge in [-0.3, -0.25) is 9.59 Å². The van der Waals surface area contributed by atoms with Gasteiger partial charge in [0.15, 0.2) is 0 Å². The summed E-state index contributed by atoms with van der Waals surface area (Å²) in [6.07, 6.45) is -0.00941. The molecule has 0 spiro atoms. The first-order valence-corrected chi connectivity index (χ1v) is 5.69. The number of carbonyl (C=O) groups is 2. The van der Waals surface area contributed by atoms with E-state index in [2.05, 4.69) is 4.98 Å². The molecule has 0 bridgehead atoms. The van der Waals surface area contributed by atoms with Crippen LogP contribution in [0.2, 0.25) is 0 Å². The van der Waals surface area contributed by atoms with Crippen molar-refractivity contribution in [3.63, 3.8) is 0 Å². The first-order chi connectivity index (χ1) is 9.06. The van der Waals surface area contributed by atoms with E-state index >= 15 is 0 Å². The van der Waals surface area contributed by atoms with Gasteiger partial charge in [-0.25, -0.2) is 0 Å². The predicted molar refractivity (Wildman–Crippen MR) is 65.4 cm³/mol. The smallest absolute Gasteiger partial charge is 0.308 e. The molecule has 1 aliphatic heterocycles. The highest BCUT2D eigenvalue weighted by Crippen LogP contribution is 2.33. The standard InChI is InChI=1S/C12H14N2O5/c1-18-9-4-3-8(11(13-9)19-2)14-6-7(12(16)17)5-10(14)15/h3-4,7H,5-6H2,1-2H3,(H,16,17). The molecule has 0 radical (unpaired) electrons. The molecule has 1 aliphatic rings. The Kier molecular flexibility index (Phi) is 3.55. The molecule has 1 amide bonds. The summed E-state index contributed by atoms with van der Waals surface area (Å²) < 4.78 is 10.1. The van der Waals surface area contributed by atoms with Crippen LogP contribution in [0.3, 0.4) is 0 Å². The molecule has 1 aromatic heterocycles. The Bertz CT molecular complexity index is 517. The number of carboxylic acids is 1. The Morgan fingerprint density at radius 2 is 2.16 bits per heavy atom. The van der Waals surface area contributed by atoms with Crippen molar-refractivity contribution in [1.29, 1.82) is 0 Å². The number of hydrogen-bond donors (Lipinski definition) is 1. The average Bonchev–Trinajstić information content (AvgIpc) is 2.80. The number of carbonyl (C=O) groups excluding carboxylic acids is 1. The molecule has 0 aliphatic carbocycles.